The Kier molecular flexibility index (Phi) is 8.03. The zero-order chi connectivity index (χ0) is 22.3. The Hall–Kier alpha value is -3.29. The van der Waals surface area contributed by atoms with Crippen molar-refractivity contribution in [3.8, 4) is 0 Å². The summed E-state index contributed by atoms with van der Waals surface area (Å²) >= 11 is 0. The minimum Gasteiger partial charge on any atom is -0.451 e. The fraction of sp³-hybridized carbons (Fsp3) is 0.318. The number of benzene rings is 2. The molecule has 2 aromatic carbocycles. The van der Waals surface area contributed by atoms with E-state index in [-0.39, 0.29) is 23.9 Å². The Morgan fingerprint density at radius 2 is 1.63 bits per heavy atom. The molecule has 0 spiro atoms. The molecular formula is C22H24F2N2O4. The van der Waals surface area contributed by atoms with Crippen molar-refractivity contribution in [2.24, 2.45) is 5.92 Å². The average molecular weight is 418 g/mol. The first kappa shape index (κ1) is 23.0. The summed E-state index contributed by atoms with van der Waals surface area (Å²) in [6.07, 6.45) is -1.11. The molecule has 0 unspecified atom stereocenters. The maximum absolute atomic E-state index is 13.3. The monoisotopic (exact) mass is 418 g/mol. The maximum Gasteiger partial charge on any atom is 0.329 e. The van der Waals surface area contributed by atoms with Gasteiger partial charge in [-0.05, 0) is 30.5 Å². The number of hydrogen-bond acceptors (Lipinski definition) is 4. The normalized spacial score (nSPS) is 12.7. The Morgan fingerprint density at radius 1 is 0.967 bits per heavy atom. The molecule has 0 aliphatic rings. The summed E-state index contributed by atoms with van der Waals surface area (Å²) in [5.41, 5.74) is 0.823. The van der Waals surface area contributed by atoms with Gasteiger partial charge in [-0.25, -0.2) is 13.6 Å². The molecule has 0 saturated heterocycles. The predicted molar refractivity (Wildman–Crippen MR) is 107 cm³/mol. The molecule has 8 heteroatoms. The fourth-order valence-electron chi connectivity index (χ4n) is 2.62. The van der Waals surface area contributed by atoms with E-state index in [1.807, 2.05) is 18.2 Å². The van der Waals surface area contributed by atoms with Gasteiger partial charge in [0.2, 0.25) is 5.91 Å². The van der Waals surface area contributed by atoms with E-state index >= 15 is 0 Å². The van der Waals surface area contributed by atoms with Crippen LogP contribution in [0.25, 0.3) is 0 Å². The zero-order valence-electron chi connectivity index (χ0n) is 16.9. The van der Waals surface area contributed by atoms with Crippen LogP contribution in [0.3, 0.4) is 0 Å². The van der Waals surface area contributed by atoms with Gasteiger partial charge in [0, 0.05) is 11.8 Å². The maximum atomic E-state index is 13.3. The second kappa shape index (κ2) is 10.5. The highest BCUT2D eigenvalue weighted by Crippen LogP contribution is 2.14. The quantitative estimate of drug-likeness (QED) is 0.645. The Labute approximate surface area is 173 Å². The van der Waals surface area contributed by atoms with Crippen molar-refractivity contribution in [2.75, 3.05) is 5.32 Å². The number of rotatable bonds is 8. The fourth-order valence-corrected chi connectivity index (χ4v) is 2.62. The summed E-state index contributed by atoms with van der Waals surface area (Å²) in [6.45, 7) is 4.82. The largest absolute Gasteiger partial charge is 0.451 e. The molecular weight excluding hydrogens is 394 g/mol. The van der Waals surface area contributed by atoms with E-state index < -0.39 is 35.7 Å². The lowest BCUT2D eigenvalue weighted by molar-refractivity contribution is -0.157. The zero-order valence-corrected chi connectivity index (χ0v) is 16.9. The van der Waals surface area contributed by atoms with E-state index in [0.29, 0.717) is 0 Å². The summed E-state index contributed by atoms with van der Waals surface area (Å²) in [5.74, 6) is -4.27. The van der Waals surface area contributed by atoms with Crippen molar-refractivity contribution < 1.29 is 27.9 Å². The highest BCUT2D eigenvalue weighted by molar-refractivity contribution is 5.95. The van der Waals surface area contributed by atoms with Gasteiger partial charge in [-0.2, -0.15) is 0 Å². The van der Waals surface area contributed by atoms with Gasteiger partial charge in [-0.3, -0.25) is 9.59 Å². The van der Waals surface area contributed by atoms with Crippen LogP contribution in [0.15, 0.2) is 48.5 Å². The lowest BCUT2D eigenvalue weighted by atomic mass is 10.0. The van der Waals surface area contributed by atoms with Gasteiger partial charge < -0.3 is 15.4 Å². The Bertz CT molecular complexity index is 903. The molecule has 2 atom stereocenters. The van der Waals surface area contributed by atoms with Crippen LogP contribution < -0.4 is 10.6 Å². The van der Waals surface area contributed by atoms with E-state index in [1.54, 1.807) is 26.0 Å². The third-order valence-corrected chi connectivity index (χ3v) is 4.29. The third kappa shape index (κ3) is 6.65. The van der Waals surface area contributed by atoms with Gasteiger partial charge in [-0.15, -0.1) is 0 Å². The minimum atomic E-state index is -1.21. The minimum absolute atomic E-state index is 0.0263. The molecule has 0 saturated carbocycles. The van der Waals surface area contributed by atoms with Crippen LogP contribution in [-0.4, -0.2) is 29.9 Å². The number of ether oxygens (including phenoxy) is 1. The van der Waals surface area contributed by atoms with Gasteiger partial charge in [0.05, 0.1) is 6.42 Å². The first-order valence-corrected chi connectivity index (χ1v) is 9.47. The van der Waals surface area contributed by atoms with Gasteiger partial charge in [-0.1, -0.05) is 44.2 Å². The van der Waals surface area contributed by atoms with Crippen molar-refractivity contribution in [3.05, 3.63) is 65.7 Å². The van der Waals surface area contributed by atoms with E-state index in [1.165, 1.54) is 13.0 Å². The van der Waals surface area contributed by atoms with Crippen LogP contribution in [-0.2, 0) is 25.5 Å². The summed E-state index contributed by atoms with van der Waals surface area (Å²) < 4.78 is 31.4. The molecule has 2 amide bonds. The van der Waals surface area contributed by atoms with E-state index in [0.717, 1.165) is 17.7 Å². The number of hydrogen-bond donors (Lipinski definition) is 2. The first-order chi connectivity index (χ1) is 14.2. The molecule has 0 heterocycles. The van der Waals surface area contributed by atoms with Crippen LogP contribution in [0.5, 0.6) is 0 Å². The smallest absolute Gasteiger partial charge is 0.329 e. The Balaban J connectivity index is 1.94. The van der Waals surface area contributed by atoms with Crippen LogP contribution in [0.2, 0.25) is 0 Å². The van der Waals surface area contributed by atoms with Crippen molar-refractivity contribution >= 4 is 23.5 Å². The average Bonchev–Trinajstić information content (AvgIpc) is 2.69. The van der Waals surface area contributed by atoms with Crippen LogP contribution >= 0.6 is 0 Å². The number of amides is 2. The van der Waals surface area contributed by atoms with Gasteiger partial charge >= 0.3 is 5.97 Å². The van der Waals surface area contributed by atoms with Crippen molar-refractivity contribution in [2.45, 2.75) is 39.3 Å². The van der Waals surface area contributed by atoms with Crippen LogP contribution in [0, 0.1) is 17.6 Å². The summed E-state index contributed by atoms with van der Waals surface area (Å²) in [4.78, 5) is 37.0. The van der Waals surface area contributed by atoms with Gasteiger partial charge in [0.15, 0.2) is 17.7 Å². The third-order valence-electron chi connectivity index (χ3n) is 4.29. The lowest BCUT2D eigenvalue weighted by Crippen LogP contribution is -2.47. The topological polar surface area (TPSA) is 84.5 Å². The Morgan fingerprint density at radius 3 is 2.23 bits per heavy atom. The highest BCUT2D eigenvalue weighted by Gasteiger charge is 2.29. The number of halogens is 2. The second-order valence-corrected chi connectivity index (χ2v) is 7.15. The first-order valence-electron chi connectivity index (χ1n) is 9.47. The van der Waals surface area contributed by atoms with Crippen LogP contribution in [0.4, 0.5) is 14.5 Å². The number of anilines is 1. The molecule has 0 fully saturated rings. The molecule has 30 heavy (non-hydrogen) atoms. The van der Waals surface area contributed by atoms with Gasteiger partial charge in [0.1, 0.15) is 6.04 Å². The summed E-state index contributed by atoms with van der Waals surface area (Å²) in [6, 6.07) is 11.0. The second-order valence-electron chi connectivity index (χ2n) is 7.15. The molecule has 0 aliphatic carbocycles. The lowest BCUT2D eigenvalue weighted by Gasteiger charge is -2.23. The summed E-state index contributed by atoms with van der Waals surface area (Å²) in [5, 5.41) is 4.98. The number of carbonyl (C=O) groups is 3. The molecule has 160 valence electrons. The molecule has 0 radical (unpaired) electrons. The molecule has 2 aromatic rings. The molecule has 0 bridgehead atoms. The number of nitrogens with one attached hydrogen (secondary N) is 2. The van der Waals surface area contributed by atoms with E-state index in [4.69, 9.17) is 4.74 Å². The standard InChI is InChI=1S/C22H24F2N2O4/c1-13(2)20(26-19(27)11-15-7-5-4-6-8-15)22(29)30-14(3)21(28)25-16-9-10-17(23)18(24)12-16/h4-10,12-14,20H,11H2,1-3H3,(H,25,28)(H,26,27)/t14-,20-/m0/s1. The van der Waals surface area contributed by atoms with Crippen molar-refractivity contribution in [1.29, 1.82) is 0 Å². The molecule has 0 aliphatic heterocycles. The van der Waals surface area contributed by atoms with Crippen molar-refractivity contribution in [3.63, 3.8) is 0 Å². The van der Waals surface area contributed by atoms with Crippen LogP contribution in [0.1, 0.15) is 26.3 Å². The number of esters is 1. The highest BCUT2D eigenvalue weighted by atomic mass is 19.2. The summed E-state index contributed by atoms with van der Waals surface area (Å²) in [7, 11) is 0. The van der Waals surface area contributed by atoms with E-state index in [9.17, 15) is 23.2 Å². The van der Waals surface area contributed by atoms with Crippen molar-refractivity contribution in [1.82, 2.24) is 5.32 Å². The SMILES string of the molecule is CC(C)[C@H](NC(=O)Cc1ccccc1)C(=O)O[C@@H](C)C(=O)Nc1ccc(F)c(F)c1. The van der Waals surface area contributed by atoms with E-state index in [2.05, 4.69) is 10.6 Å². The molecule has 6 nitrogen and oxygen atoms in total. The molecule has 2 N–H and O–H groups in total. The van der Waals surface area contributed by atoms with Gasteiger partial charge in [0.25, 0.3) is 5.91 Å². The molecule has 2 rings (SSSR count). The predicted octanol–water partition coefficient (Wildman–Crippen LogP) is 3.22. The molecule has 0 aromatic heterocycles. The number of carbonyl (C=O) groups excluding carboxylic acids is 3.